The fourth-order valence-corrected chi connectivity index (χ4v) is 7.36. The molecule has 0 saturated carbocycles. The molecule has 4 saturated heterocycles. The molecule has 0 amide bonds. The monoisotopic (exact) mass is 550 g/mol. The van der Waals surface area contributed by atoms with Crippen LogP contribution in [0.4, 0.5) is 10.2 Å². The number of phenolic OH excluding ortho intramolecular Hbond substituents is 1. The molecule has 2 aromatic heterocycles. The molecular formula is C32H31FN6O2. The summed E-state index contributed by atoms with van der Waals surface area (Å²) in [7, 11) is 0. The SMILES string of the molecule is C#Cc1cccc2cc(O)cc(-c3ncc4c(N5CCC6(CN6)C5)nc(OCC56CCCN5CCC6)nc4c3F)c12. The first-order valence-corrected chi connectivity index (χ1v) is 14.4. The second-order valence-corrected chi connectivity index (χ2v) is 12.1. The lowest BCUT2D eigenvalue weighted by molar-refractivity contribution is 0.108. The lowest BCUT2D eigenvalue weighted by Gasteiger charge is -2.31. The zero-order chi connectivity index (χ0) is 27.8. The molecule has 2 N–H and O–H groups in total. The summed E-state index contributed by atoms with van der Waals surface area (Å²) in [6.07, 6.45) is 13.0. The van der Waals surface area contributed by atoms with Gasteiger partial charge in [0.05, 0.1) is 16.5 Å². The summed E-state index contributed by atoms with van der Waals surface area (Å²) in [5, 5.41) is 15.9. The second-order valence-electron chi connectivity index (χ2n) is 12.1. The van der Waals surface area contributed by atoms with Gasteiger partial charge in [-0.15, -0.1) is 6.42 Å². The van der Waals surface area contributed by atoms with Crippen LogP contribution in [0.2, 0.25) is 0 Å². The summed E-state index contributed by atoms with van der Waals surface area (Å²) < 4.78 is 23.0. The van der Waals surface area contributed by atoms with E-state index in [-0.39, 0.29) is 34.0 Å². The van der Waals surface area contributed by atoms with Crippen LogP contribution < -0.4 is 15.0 Å². The van der Waals surface area contributed by atoms with Crippen molar-refractivity contribution in [2.45, 2.75) is 43.2 Å². The number of terminal acetylenes is 1. The van der Waals surface area contributed by atoms with Gasteiger partial charge in [0.1, 0.15) is 29.4 Å². The number of rotatable bonds is 5. The molecule has 8 rings (SSSR count). The molecule has 0 radical (unpaired) electrons. The zero-order valence-corrected chi connectivity index (χ0v) is 22.8. The first-order chi connectivity index (χ1) is 20.0. The van der Waals surface area contributed by atoms with E-state index in [1.807, 2.05) is 12.1 Å². The predicted octanol–water partition coefficient (Wildman–Crippen LogP) is 4.23. The molecule has 8 nitrogen and oxygen atoms in total. The van der Waals surface area contributed by atoms with Crippen molar-refractivity contribution in [2.24, 2.45) is 0 Å². The van der Waals surface area contributed by atoms with Crippen LogP contribution >= 0.6 is 0 Å². The van der Waals surface area contributed by atoms with Gasteiger partial charge in [0, 0.05) is 42.3 Å². The van der Waals surface area contributed by atoms with Crippen LogP contribution in [0.1, 0.15) is 37.7 Å². The number of pyridine rings is 1. The highest BCUT2D eigenvalue weighted by Crippen LogP contribution is 2.41. The summed E-state index contributed by atoms with van der Waals surface area (Å²) >= 11 is 0. The van der Waals surface area contributed by atoms with Gasteiger partial charge in [-0.05, 0) is 68.8 Å². The van der Waals surface area contributed by atoms with Crippen molar-refractivity contribution in [3.8, 4) is 35.4 Å². The van der Waals surface area contributed by atoms with Crippen molar-refractivity contribution in [2.75, 3.05) is 44.2 Å². The number of nitrogens with zero attached hydrogens (tertiary/aromatic N) is 5. The minimum absolute atomic E-state index is 0.00611. The average Bonchev–Trinajstić information content (AvgIpc) is 3.26. The molecular weight excluding hydrogens is 519 g/mol. The molecule has 1 atom stereocenters. The average molecular weight is 551 g/mol. The van der Waals surface area contributed by atoms with Gasteiger partial charge in [-0.2, -0.15) is 9.97 Å². The van der Waals surface area contributed by atoms with Gasteiger partial charge >= 0.3 is 6.01 Å². The van der Waals surface area contributed by atoms with E-state index in [2.05, 4.69) is 31.0 Å². The number of benzene rings is 2. The third-order valence-corrected chi connectivity index (χ3v) is 9.63. The van der Waals surface area contributed by atoms with Crippen molar-refractivity contribution in [3.05, 3.63) is 47.9 Å². The number of halogens is 1. The van der Waals surface area contributed by atoms with Gasteiger partial charge in [-0.1, -0.05) is 18.1 Å². The molecule has 4 aliphatic heterocycles. The van der Waals surface area contributed by atoms with E-state index in [1.54, 1.807) is 18.3 Å². The Hall–Kier alpha value is -4.00. The summed E-state index contributed by atoms with van der Waals surface area (Å²) in [6.45, 7) is 5.26. The number of fused-ring (bicyclic) bond motifs is 3. The number of phenols is 1. The molecule has 0 aliphatic carbocycles. The highest BCUT2D eigenvalue weighted by atomic mass is 19.1. The Labute approximate surface area is 237 Å². The largest absolute Gasteiger partial charge is 0.508 e. The fourth-order valence-electron chi connectivity index (χ4n) is 7.36. The Kier molecular flexibility index (Phi) is 5.44. The van der Waals surface area contributed by atoms with Gasteiger partial charge in [0.2, 0.25) is 0 Å². The number of nitrogens with one attached hydrogen (secondary N) is 1. The maximum atomic E-state index is 16.6. The maximum absolute atomic E-state index is 16.6. The number of aromatic hydroxyl groups is 1. The summed E-state index contributed by atoms with van der Waals surface area (Å²) in [5.41, 5.74) is 1.38. The van der Waals surface area contributed by atoms with Crippen LogP contribution in [0.3, 0.4) is 0 Å². The van der Waals surface area contributed by atoms with Crippen LogP contribution in [0.25, 0.3) is 32.9 Å². The molecule has 4 fully saturated rings. The van der Waals surface area contributed by atoms with Crippen molar-refractivity contribution in [1.82, 2.24) is 25.2 Å². The van der Waals surface area contributed by atoms with Crippen LogP contribution in [0.15, 0.2) is 36.5 Å². The highest BCUT2D eigenvalue weighted by Gasteiger charge is 2.48. The molecule has 0 bridgehead atoms. The fraction of sp³-hybridized carbons (Fsp3) is 0.406. The number of aromatic nitrogens is 3. The van der Waals surface area contributed by atoms with Gasteiger partial charge in [0.15, 0.2) is 5.82 Å². The van der Waals surface area contributed by atoms with Crippen LogP contribution in [-0.4, -0.2) is 75.4 Å². The number of hydrogen-bond donors (Lipinski definition) is 2. The minimum Gasteiger partial charge on any atom is -0.508 e. The van der Waals surface area contributed by atoms with E-state index in [0.717, 1.165) is 64.8 Å². The standard InChI is InChI=1S/C32H31FN6O2/c1-2-20-6-3-7-21-14-22(40)15-23(25(20)21)27-26(33)28-24(16-34-27)29(38-13-10-31(18-38)17-35-31)37-30(36-28)41-19-32-8-4-11-39(32)12-5-9-32/h1,3,6-7,14-16,35,40H,4-5,8-13,17-19H2. The van der Waals surface area contributed by atoms with Crippen LogP contribution in [-0.2, 0) is 0 Å². The molecule has 1 unspecified atom stereocenters. The van der Waals surface area contributed by atoms with Crippen molar-refractivity contribution >= 4 is 27.5 Å². The minimum atomic E-state index is -0.588. The van der Waals surface area contributed by atoms with Crippen molar-refractivity contribution in [1.29, 1.82) is 0 Å². The Morgan fingerprint density at radius 1 is 1.12 bits per heavy atom. The third-order valence-electron chi connectivity index (χ3n) is 9.63. The number of ether oxygens (including phenoxy) is 1. The smallest absolute Gasteiger partial charge is 0.319 e. The Bertz CT molecular complexity index is 1750. The van der Waals surface area contributed by atoms with E-state index in [9.17, 15) is 5.11 Å². The molecule has 9 heteroatoms. The predicted molar refractivity (Wildman–Crippen MR) is 156 cm³/mol. The summed E-state index contributed by atoms with van der Waals surface area (Å²) in [4.78, 5) is 18.8. The Balaban J connectivity index is 1.27. The molecule has 4 aliphatic rings. The quantitative estimate of drug-likeness (QED) is 0.282. The van der Waals surface area contributed by atoms with Crippen molar-refractivity contribution < 1.29 is 14.2 Å². The van der Waals surface area contributed by atoms with Crippen molar-refractivity contribution in [3.63, 3.8) is 0 Å². The normalized spacial score (nSPS) is 23.0. The van der Waals surface area contributed by atoms with Gasteiger partial charge < -0.3 is 20.1 Å². The lowest BCUT2D eigenvalue weighted by atomic mass is 9.95. The van der Waals surface area contributed by atoms with Gasteiger partial charge in [-0.25, -0.2) is 4.39 Å². The van der Waals surface area contributed by atoms with Crippen LogP contribution in [0.5, 0.6) is 11.8 Å². The zero-order valence-electron chi connectivity index (χ0n) is 22.8. The first kappa shape index (κ1) is 24.8. The summed E-state index contributed by atoms with van der Waals surface area (Å²) in [5.74, 6) is 2.75. The van der Waals surface area contributed by atoms with E-state index in [4.69, 9.17) is 16.1 Å². The van der Waals surface area contributed by atoms with Crippen LogP contribution in [0, 0.1) is 18.2 Å². The van der Waals surface area contributed by atoms with E-state index in [1.165, 1.54) is 6.07 Å². The highest BCUT2D eigenvalue weighted by molar-refractivity contribution is 6.02. The van der Waals surface area contributed by atoms with Gasteiger partial charge in [-0.3, -0.25) is 9.88 Å². The lowest BCUT2D eigenvalue weighted by Crippen LogP contribution is -2.43. The molecule has 41 heavy (non-hydrogen) atoms. The third kappa shape index (κ3) is 3.92. The second kappa shape index (κ2) is 9.00. The maximum Gasteiger partial charge on any atom is 0.319 e. The van der Waals surface area contributed by atoms with E-state index >= 15 is 4.39 Å². The topological polar surface area (TPSA) is 96.6 Å². The molecule has 1 spiro atoms. The molecule has 4 aromatic rings. The number of anilines is 1. The summed E-state index contributed by atoms with van der Waals surface area (Å²) in [6, 6.07) is 8.78. The van der Waals surface area contributed by atoms with E-state index in [0.29, 0.717) is 39.7 Å². The number of hydrogen-bond acceptors (Lipinski definition) is 8. The van der Waals surface area contributed by atoms with Gasteiger partial charge in [0.25, 0.3) is 0 Å². The Morgan fingerprint density at radius 3 is 2.71 bits per heavy atom. The Morgan fingerprint density at radius 2 is 1.95 bits per heavy atom. The molecule has 6 heterocycles. The molecule has 2 aromatic carbocycles. The first-order valence-electron chi connectivity index (χ1n) is 14.4. The molecule has 208 valence electrons. The van der Waals surface area contributed by atoms with E-state index < -0.39 is 5.82 Å².